The van der Waals surface area contributed by atoms with Crippen LogP contribution in [0.15, 0.2) is 62.6 Å². The molecule has 7 heteroatoms. The zero-order chi connectivity index (χ0) is 17.1. The molecule has 4 nitrogen and oxygen atoms in total. The first-order valence-electron chi connectivity index (χ1n) is 7.09. The van der Waals surface area contributed by atoms with E-state index in [2.05, 4.69) is 26.1 Å². The zero-order valence-corrected chi connectivity index (χ0v) is 15.0. The lowest BCUT2D eigenvalue weighted by atomic mass is 10.1. The van der Waals surface area contributed by atoms with Crippen LogP contribution in [0.1, 0.15) is 17.3 Å². The van der Waals surface area contributed by atoms with Crippen molar-refractivity contribution in [2.45, 2.75) is 17.4 Å². The van der Waals surface area contributed by atoms with Crippen LogP contribution < -0.4 is 0 Å². The number of hydrogen-bond donors (Lipinski definition) is 0. The SMILES string of the molecule is CC(Sc1nnc(-c2cccc(Br)c2)o1)C(=O)c1ccc(F)cc1. The van der Waals surface area contributed by atoms with Gasteiger partial charge in [-0.15, -0.1) is 10.2 Å². The molecule has 0 radical (unpaired) electrons. The Labute approximate surface area is 150 Å². The van der Waals surface area contributed by atoms with Gasteiger partial charge >= 0.3 is 0 Å². The van der Waals surface area contributed by atoms with Crippen LogP contribution >= 0.6 is 27.7 Å². The van der Waals surface area contributed by atoms with Gasteiger partial charge in [0.05, 0.1) is 5.25 Å². The Kier molecular flexibility index (Phi) is 5.11. The Morgan fingerprint density at radius 3 is 2.67 bits per heavy atom. The number of carbonyl (C=O) groups excluding carboxylic acids is 1. The fraction of sp³-hybridized carbons (Fsp3) is 0.118. The molecule has 0 aliphatic heterocycles. The molecule has 3 rings (SSSR count). The summed E-state index contributed by atoms with van der Waals surface area (Å²) < 4.78 is 19.5. The highest BCUT2D eigenvalue weighted by Crippen LogP contribution is 2.28. The molecule has 0 spiro atoms. The van der Waals surface area contributed by atoms with Gasteiger partial charge in [0.2, 0.25) is 5.89 Å². The Balaban J connectivity index is 1.72. The van der Waals surface area contributed by atoms with Crippen LogP contribution in [0.4, 0.5) is 4.39 Å². The maximum atomic E-state index is 12.9. The molecule has 0 fully saturated rings. The fourth-order valence-electron chi connectivity index (χ4n) is 2.05. The van der Waals surface area contributed by atoms with Gasteiger partial charge in [-0.3, -0.25) is 4.79 Å². The van der Waals surface area contributed by atoms with Crippen molar-refractivity contribution >= 4 is 33.5 Å². The number of nitrogens with zero attached hydrogens (tertiary/aromatic N) is 2. The number of thioether (sulfide) groups is 1. The molecule has 1 unspecified atom stereocenters. The molecule has 2 aromatic carbocycles. The van der Waals surface area contributed by atoms with Gasteiger partial charge in [0.25, 0.3) is 5.22 Å². The van der Waals surface area contributed by atoms with Crippen molar-refractivity contribution in [3.63, 3.8) is 0 Å². The average Bonchev–Trinajstić information content (AvgIpc) is 3.03. The predicted molar refractivity (Wildman–Crippen MR) is 93.5 cm³/mol. The van der Waals surface area contributed by atoms with E-state index in [0.29, 0.717) is 16.7 Å². The van der Waals surface area contributed by atoms with Gasteiger partial charge in [-0.05, 0) is 49.4 Å². The molecule has 24 heavy (non-hydrogen) atoms. The van der Waals surface area contributed by atoms with Crippen LogP contribution in [0.3, 0.4) is 0 Å². The molecule has 122 valence electrons. The van der Waals surface area contributed by atoms with Crippen LogP contribution in [0, 0.1) is 5.82 Å². The molecule has 1 atom stereocenters. The lowest BCUT2D eigenvalue weighted by Gasteiger charge is -2.07. The van der Waals surface area contributed by atoms with E-state index >= 15 is 0 Å². The highest BCUT2D eigenvalue weighted by molar-refractivity contribution is 9.10. The van der Waals surface area contributed by atoms with Crippen molar-refractivity contribution in [1.29, 1.82) is 0 Å². The van der Waals surface area contributed by atoms with E-state index in [4.69, 9.17) is 4.42 Å². The molecule has 0 bridgehead atoms. The molecule has 0 aliphatic rings. The lowest BCUT2D eigenvalue weighted by Crippen LogP contribution is -2.13. The minimum absolute atomic E-state index is 0.123. The molecule has 1 aromatic heterocycles. The van der Waals surface area contributed by atoms with E-state index in [1.54, 1.807) is 6.92 Å². The lowest BCUT2D eigenvalue weighted by molar-refractivity contribution is 0.0993. The first kappa shape index (κ1) is 16.9. The summed E-state index contributed by atoms with van der Waals surface area (Å²) in [4.78, 5) is 12.3. The molecular formula is C17H12BrFN2O2S. The zero-order valence-electron chi connectivity index (χ0n) is 12.6. The Morgan fingerprint density at radius 1 is 1.21 bits per heavy atom. The van der Waals surface area contributed by atoms with Crippen molar-refractivity contribution < 1.29 is 13.6 Å². The van der Waals surface area contributed by atoms with E-state index in [1.807, 2.05) is 24.3 Å². The van der Waals surface area contributed by atoms with Crippen molar-refractivity contribution in [3.8, 4) is 11.5 Å². The third-order valence-corrected chi connectivity index (χ3v) is 4.68. The predicted octanol–water partition coefficient (Wildman–Crippen LogP) is 5.00. The van der Waals surface area contributed by atoms with E-state index in [0.717, 1.165) is 10.0 Å². The van der Waals surface area contributed by atoms with Crippen LogP contribution in [-0.2, 0) is 0 Å². The minimum Gasteiger partial charge on any atom is -0.411 e. The first-order valence-corrected chi connectivity index (χ1v) is 8.76. The van der Waals surface area contributed by atoms with Gasteiger partial charge in [-0.1, -0.05) is 33.8 Å². The molecule has 3 aromatic rings. The summed E-state index contributed by atoms with van der Waals surface area (Å²) >= 11 is 4.57. The van der Waals surface area contributed by atoms with Gasteiger partial charge in [-0.25, -0.2) is 4.39 Å². The number of halogens is 2. The normalized spacial score (nSPS) is 12.1. The molecule has 0 saturated heterocycles. The Morgan fingerprint density at radius 2 is 1.96 bits per heavy atom. The molecule has 0 saturated carbocycles. The smallest absolute Gasteiger partial charge is 0.277 e. The number of aromatic nitrogens is 2. The van der Waals surface area contributed by atoms with E-state index in [-0.39, 0.29) is 11.6 Å². The molecule has 0 aliphatic carbocycles. The number of carbonyl (C=O) groups is 1. The van der Waals surface area contributed by atoms with Gasteiger partial charge < -0.3 is 4.42 Å². The second-order valence-electron chi connectivity index (χ2n) is 5.01. The quantitative estimate of drug-likeness (QED) is 0.440. The van der Waals surface area contributed by atoms with E-state index < -0.39 is 5.25 Å². The number of Topliss-reactive ketones (excluding diaryl/α,β-unsaturated/α-hetero) is 1. The summed E-state index contributed by atoms with van der Waals surface area (Å²) in [5.41, 5.74) is 1.24. The highest BCUT2D eigenvalue weighted by Gasteiger charge is 2.20. The van der Waals surface area contributed by atoms with Gasteiger partial charge in [-0.2, -0.15) is 0 Å². The largest absolute Gasteiger partial charge is 0.411 e. The topological polar surface area (TPSA) is 56.0 Å². The number of benzene rings is 2. The van der Waals surface area contributed by atoms with Crippen LogP contribution in [0.2, 0.25) is 0 Å². The monoisotopic (exact) mass is 406 g/mol. The maximum Gasteiger partial charge on any atom is 0.277 e. The van der Waals surface area contributed by atoms with Crippen molar-refractivity contribution in [2.75, 3.05) is 0 Å². The standard InChI is InChI=1S/C17H12BrFN2O2S/c1-10(15(22)11-5-7-14(19)8-6-11)24-17-21-20-16(23-17)12-3-2-4-13(18)9-12/h2-10H,1H3. The summed E-state index contributed by atoms with van der Waals surface area (Å²) in [5.74, 6) is -0.107. The van der Waals surface area contributed by atoms with E-state index in [1.165, 1.54) is 36.0 Å². The average molecular weight is 407 g/mol. The summed E-state index contributed by atoms with van der Waals surface area (Å²) in [6.07, 6.45) is 0. The minimum atomic E-state index is -0.425. The van der Waals surface area contributed by atoms with Gasteiger partial charge in [0.1, 0.15) is 5.82 Å². The van der Waals surface area contributed by atoms with Gasteiger partial charge in [0.15, 0.2) is 5.78 Å². The van der Waals surface area contributed by atoms with Crippen LogP contribution in [0.25, 0.3) is 11.5 Å². The van der Waals surface area contributed by atoms with Crippen molar-refractivity contribution in [3.05, 3.63) is 64.4 Å². The van der Waals surface area contributed by atoms with Crippen LogP contribution in [0.5, 0.6) is 0 Å². The fourth-order valence-corrected chi connectivity index (χ4v) is 3.21. The third-order valence-electron chi connectivity index (χ3n) is 3.25. The number of ketones is 1. The van der Waals surface area contributed by atoms with E-state index in [9.17, 15) is 9.18 Å². The number of rotatable bonds is 5. The summed E-state index contributed by atoms with van der Waals surface area (Å²) in [6.45, 7) is 1.75. The van der Waals surface area contributed by atoms with Crippen molar-refractivity contribution in [1.82, 2.24) is 10.2 Å². The first-order chi connectivity index (χ1) is 11.5. The molecule has 1 heterocycles. The van der Waals surface area contributed by atoms with Gasteiger partial charge in [0, 0.05) is 15.6 Å². The molecule has 0 N–H and O–H groups in total. The molecular weight excluding hydrogens is 395 g/mol. The summed E-state index contributed by atoms with van der Waals surface area (Å²) in [7, 11) is 0. The second-order valence-corrected chi connectivity index (χ2v) is 7.22. The second kappa shape index (κ2) is 7.27. The van der Waals surface area contributed by atoms with Crippen LogP contribution in [-0.4, -0.2) is 21.2 Å². The highest BCUT2D eigenvalue weighted by atomic mass is 79.9. The Hall–Kier alpha value is -1.99. The summed E-state index contributed by atoms with van der Waals surface area (Å²) in [6, 6.07) is 13.0. The summed E-state index contributed by atoms with van der Waals surface area (Å²) in [5, 5.41) is 7.86. The van der Waals surface area contributed by atoms with Crippen molar-refractivity contribution in [2.24, 2.45) is 0 Å². The number of hydrogen-bond acceptors (Lipinski definition) is 5. The maximum absolute atomic E-state index is 12.9. The molecule has 0 amide bonds. The Bertz CT molecular complexity index is 867. The third kappa shape index (κ3) is 3.91.